The van der Waals surface area contributed by atoms with Gasteiger partial charge in [-0.15, -0.1) is 0 Å². The molecule has 0 bridgehead atoms. The van der Waals surface area contributed by atoms with Gasteiger partial charge in [0.2, 0.25) is 0 Å². The SMILES string of the molecule is O=C(O)[C@@H]1CN[C@@H](NC(=O)C(F)(F)F)[C@@H](O)[C@@H]1O. The Kier molecular flexibility index (Phi) is 4.14. The summed E-state index contributed by atoms with van der Waals surface area (Å²) in [4.78, 5) is 21.2. The largest absolute Gasteiger partial charge is 0.481 e. The summed E-state index contributed by atoms with van der Waals surface area (Å²) in [5.74, 6) is -5.06. The molecule has 0 aromatic carbocycles. The summed E-state index contributed by atoms with van der Waals surface area (Å²) in [6, 6.07) is 0. The van der Waals surface area contributed by atoms with Gasteiger partial charge in [-0.2, -0.15) is 13.2 Å². The lowest BCUT2D eigenvalue weighted by Crippen LogP contribution is -2.66. The van der Waals surface area contributed by atoms with Gasteiger partial charge in [-0.3, -0.25) is 14.9 Å². The fraction of sp³-hybridized carbons (Fsp3) is 0.750. The zero-order valence-electron chi connectivity index (χ0n) is 8.81. The van der Waals surface area contributed by atoms with Crippen LogP contribution in [-0.2, 0) is 9.59 Å². The Balaban J connectivity index is 2.67. The first-order chi connectivity index (χ1) is 8.14. The van der Waals surface area contributed by atoms with Crippen molar-refractivity contribution in [3.8, 4) is 0 Å². The molecule has 1 saturated heterocycles. The van der Waals surface area contributed by atoms with E-state index in [0.29, 0.717) is 0 Å². The third-order valence-electron chi connectivity index (χ3n) is 2.52. The highest BCUT2D eigenvalue weighted by Gasteiger charge is 2.45. The Morgan fingerprint density at radius 3 is 2.22 bits per heavy atom. The molecule has 104 valence electrons. The van der Waals surface area contributed by atoms with Crippen molar-refractivity contribution in [3.63, 3.8) is 0 Å². The summed E-state index contributed by atoms with van der Waals surface area (Å²) in [6.45, 7) is -0.379. The molecule has 4 atom stereocenters. The van der Waals surface area contributed by atoms with Crippen LogP contribution in [0.4, 0.5) is 13.2 Å². The molecular formula is C8H11F3N2O5. The van der Waals surface area contributed by atoms with Gasteiger partial charge < -0.3 is 20.6 Å². The molecule has 0 unspecified atom stereocenters. The van der Waals surface area contributed by atoms with Crippen LogP contribution in [0.25, 0.3) is 0 Å². The van der Waals surface area contributed by atoms with Gasteiger partial charge in [0, 0.05) is 6.54 Å². The number of alkyl halides is 3. The van der Waals surface area contributed by atoms with Crippen molar-refractivity contribution in [2.75, 3.05) is 6.54 Å². The van der Waals surface area contributed by atoms with Crippen LogP contribution in [0.1, 0.15) is 0 Å². The molecule has 10 heteroatoms. The van der Waals surface area contributed by atoms with Crippen molar-refractivity contribution in [2.45, 2.75) is 24.6 Å². The Bertz CT molecular complexity index is 348. The summed E-state index contributed by atoms with van der Waals surface area (Å²) in [5.41, 5.74) is 0. The number of carboxylic acids is 1. The lowest BCUT2D eigenvalue weighted by molar-refractivity contribution is -0.177. The number of rotatable bonds is 2. The first-order valence-corrected chi connectivity index (χ1v) is 4.84. The van der Waals surface area contributed by atoms with Crippen LogP contribution in [0.3, 0.4) is 0 Å². The number of halogens is 3. The third kappa shape index (κ3) is 3.09. The number of hydrogen-bond acceptors (Lipinski definition) is 5. The second-order valence-corrected chi connectivity index (χ2v) is 3.78. The van der Waals surface area contributed by atoms with E-state index < -0.39 is 42.3 Å². The quantitative estimate of drug-likeness (QED) is 0.397. The van der Waals surface area contributed by atoms with Crippen LogP contribution in [0.5, 0.6) is 0 Å². The van der Waals surface area contributed by atoms with Gasteiger partial charge in [0.25, 0.3) is 0 Å². The molecule has 0 aliphatic carbocycles. The van der Waals surface area contributed by atoms with Crippen LogP contribution in [0.2, 0.25) is 0 Å². The van der Waals surface area contributed by atoms with Gasteiger partial charge >= 0.3 is 18.1 Å². The van der Waals surface area contributed by atoms with Crippen molar-refractivity contribution in [3.05, 3.63) is 0 Å². The Hall–Kier alpha value is -1.39. The molecule has 0 aromatic heterocycles. The molecule has 5 N–H and O–H groups in total. The highest BCUT2D eigenvalue weighted by atomic mass is 19.4. The molecule has 18 heavy (non-hydrogen) atoms. The van der Waals surface area contributed by atoms with E-state index in [-0.39, 0.29) is 6.54 Å². The van der Waals surface area contributed by atoms with Gasteiger partial charge in [0.05, 0.1) is 12.0 Å². The number of carboxylic acid groups (broad SMARTS) is 1. The molecule has 0 aromatic rings. The van der Waals surface area contributed by atoms with E-state index in [1.807, 2.05) is 0 Å². The van der Waals surface area contributed by atoms with Crippen LogP contribution in [0, 0.1) is 5.92 Å². The predicted octanol–water partition coefficient (Wildman–Crippen LogP) is -1.98. The highest BCUT2D eigenvalue weighted by molar-refractivity contribution is 5.82. The molecule has 1 aliphatic rings. The monoisotopic (exact) mass is 272 g/mol. The van der Waals surface area contributed by atoms with Crippen molar-refractivity contribution >= 4 is 11.9 Å². The lowest BCUT2D eigenvalue weighted by atomic mass is 9.92. The molecule has 1 rings (SSSR count). The van der Waals surface area contributed by atoms with Crippen LogP contribution < -0.4 is 10.6 Å². The van der Waals surface area contributed by atoms with Crippen LogP contribution in [0.15, 0.2) is 0 Å². The maximum absolute atomic E-state index is 12.0. The predicted molar refractivity (Wildman–Crippen MR) is 49.1 cm³/mol. The third-order valence-corrected chi connectivity index (χ3v) is 2.52. The Morgan fingerprint density at radius 1 is 1.22 bits per heavy atom. The van der Waals surface area contributed by atoms with E-state index in [1.54, 1.807) is 0 Å². The minimum absolute atomic E-state index is 0.379. The maximum Gasteiger partial charge on any atom is 0.471 e. The maximum atomic E-state index is 12.0. The summed E-state index contributed by atoms with van der Waals surface area (Å²) < 4.78 is 35.9. The second-order valence-electron chi connectivity index (χ2n) is 3.78. The van der Waals surface area contributed by atoms with E-state index in [2.05, 4.69) is 5.32 Å². The second kappa shape index (κ2) is 5.08. The Morgan fingerprint density at radius 2 is 1.78 bits per heavy atom. The van der Waals surface area contributed by atoms with Gasteiger partial charge in [-0.25, -0.2) is 0 Å². The minimum atomic E-state index is -5.13. The van der Waals surface area contributed by atoms with E-state index in [1.165, 1.54) is 5.32 Å². The van der Waals surface area contributed by atoms with Crippen LogP contribution >= 0.6 is 0 Å². The summed E-state index contributed by atoms with van der Waals surface area (Å²) in [6.07, 6.45) is -10.3. The molecule has 0 saturated carbocycles. The number of hydrogen-bond donors (Lipinski definition) is 5. The number of aliphatic carboxylic acids is 1. The van der Waals surface area contributed by atoms with Crippen molar-refractivity contribution < 1.29 is 38.1 Å². The summed E-state index contributed by atoms with van der Waals surface area (Å²) >= 11 is 0. The molecule has 0 radical (unpaired) electrons. The fourth-order valence-corrected chi connectivity index (χ4v) is 1.52. The van der Waals surface area contributed by atoms with E-state index in [9.17, 15) is 33.0 Å². The number of piperidine rings is 1. The number of nitrogens with one attached hydrogen (secondary N) is 2. The van der Waals surface area contributed by atoms with Crippen molar-refractivity contribution in [2.24, 2.45) is 5.92 Å². The van der Waals surface area contributed by atoms with Gasteiger partial charge in [-0.1, -0.05) is 0 Å². The molecule has 1 heterocycles. The fourth-order valence-electron chi connectivity index (χ4n) is 1.52. The Labute approximate surface area is 98.6 Å². The highest BCUT2D eigenvalue weighted by Crippen LogP contribution is 2.18. The van der Waals surface area contributed by atoms with E-state index in [0.717, 1.165) is 0 Å². The zero-order valence-corrected chi connectivity index (χ0v) is 8.81. The van der Waals surface area contributed by atoms with E-state index >= 15 is 0 Å². The normalized spacial score (nSPS) is 32.9. The van der Waals surface area contributed by atoms with Crippen molar-refractivity contribution in [1.29, 1.82) is 0 Å². The van der Waals surface area contributed by atoms with E-state index in [4.69, 9.17) is 5.11 Å². The summed E-state index contributed by atoms with van der Waals surface area (Å²) in [5, 5.41) is 31.1. The number of carbonyl (C=O) groups excluding carboxylic acids is 1. The standard InChI is InChI=1S/C8H11F3N2O5/c9-8(10,11)7(18)13-5-4(15)3(14)2(1-12-5)6(16)17/h2-5,12,14-15H,1H2,(H,13,18)(H,16,17)/t2-,3-,4+,5+/m1/s1. The first kappa shape index (κ1) is 14.7. The number of aliphatic hydroxyl groups excluding tert-OH is 2. The van der Waals surface area contributed by atoms with Gasteiger partial charge in [-0.05, 0) is 0 Å². The number of carbonyl (C=O) groups is 2. The smallest absolute Gasteiger partial charge is 0.471 e. The van der Waals surface area contributed by atoms with Crippen LogP contribution in [-0.4, -0.2) is 58.3 Å². The zero-order chi connectivity index (χ0) is 14.1. The first-order valence-electron chi connectivity index (χ1n) is 4.84. The van der Waals surface area contributed by atoms with Gasteiger partial charge in [0.15, 0.2) is 0 Å². The topological polar surface area (TPSA) is 119 Å². The summed E-state index contributed by atoms with van der Waals surface area (Å²) in [7, 11) is 0. The number of amides is 1. The molecule has 1 amide bonds. The van der Waals surface area contributed by atoms with Gasteiger partial charge in [0.1, 0.15) is 12.3 Å². The average molecular weight is 272 g/mol. The molecular weight excluding hydrogens is 261 g/mol. The van der Waals surface area contributed by atoms with Crippen molar-refractivity contribution in [1.82, 2.24) is 10.6 Å². The molecule has 1 fully saturated rings. The molecule has 1 aliphatic heterocycles. The minimum Gasteiger partial charge on any atom is -0.481 e. The number of aliphatic hydroxyl groups is 2. The molecule has 0 spiro atoms. The lowest BCUT2D eigenvalue weighted by Gasteiger charge is -2.36. The molecule has 7 nitrogen and oxygen atoms in total. The average Bonchev–Trinajstić information content (AvgIpc) is 2.22.